The molecule has 1 amide bonds. The van der Waals surface area contributed by atoms with Crippen LogP contribution >= 0.6 is 0 Å². The molecule has 0 spiro atoms. The van der Waals surface area contributed by atoms with Crippen LogP contribution in [-0.4, -0.2) is 32.4 Å². The molecular weight excluding hydrogens is 342 g/mol. The van der Waals surface area contributed by atoms with Crippen molar-refractivity contribution in [2.75, 3.05) is 5.73 Å². The zero-order chi connectivity index (χ0) is 19.7. The number of benzene rings is 1. The average Bonchev–Trinajstić information content (AvgIpc) is 2.53. The lowest BCUT2D eigenvalue weighted by Gasteiger charge is -2.41. The summed E-state index contributed by atoms with van der Waals surface area (Å²) in [6.07, 6.45) is 6.04. The molecule has 0 radical (unpaired) electrons. The summed E-state index contributed by atoms with van der Waals surface area (Å²) < 4.78 is 0. The fourth-order valence-corrected chi connectivity index (χ4v) is 3.34. The van der Waals surface area contributed by atoms with Gasteiger partial charge in [-0.25, -0.2) is 9.97 Å². The van der Waals surface area contributed by atoms with E-state index in [-0.39, 0.29) is 12.4 Å². The van der Waals surface area contributed by atoms with Crippen molar-refractivity contribution >= 4 is 17.7 Å². The fraction of sp³-hybridized carbons (Fsp3) is 0.400. The van der Waals surface area contributed by atoms with Gasteiger partial charge in [0.25, 0.3) is 0 Å². The minimum Gasteiger partial charge on any atom is -0.390 e. The summed E-state index contributed by atoms with van der Waals surface area (Å²) in [6, 6.07) is 7.98. The summed E-state index contributed by atoms with van der Waals surface area (Å²) in [5.74, 6) is 0.164. The maximum Gasteiger partial charge on any atom is 0.250 e. The standard InChI is InChI=1S/C20H25N5O2/c1-19(2,27)10-16(26)25-17(21)20(8-3-9-20)15-6-4-13(5-7-15)14-11-23-18(22)24-12-14/h4-7,11-12,27H,3,8-10H2,1-2H3,(H2,21,25,26)(H2,22,23,24). The Labute approximate surface area is 158 Å². The molecule has 1 aromatic carbocycles. The molecule has 1 aromatic heterocycles. The lowest BCUT2D eigenvalue weighted by Crippen LogP contribution is -2.47. The zero-order valence-electron chi connectivity index (χ0n) is 15.6. The smallest absolute Gasteiger partial charge is 0.250 e. The molecule has 27 heavy (non-hydrogen) atoms. The number of hydrogen-bond donors (Lipinski definition) is 3. The van der Waals surface area contributed by atoms with Crippen molar-refractivity contribution in [1.82, 2.24) is 9.97 Å². The number of aromatic nitrogens is 2. The largest absolute Gasteiger partial charge is 0.390 e. The van der Waals surface area contributed by atoms with E-state index in [1.165, 1.54) is 0 Å². The molecule has 1 saturated carbocycles. The van der Waals surface area contributed by atoms with Crippen LogP contribution in [0.3, 0.4) is 0 Å². The van der Waals surface area contributed by atoms with Crippen LogP contribution in [0.2, 0.25) is 0 Å². The van der Waals surface area contributed by atoms with E-state index in [1.54, 1.807) is 26.2 Å². The fourth-order valence-electron chi connectivity index (χ4n) is 3.34. The third-order valence-electron chi connectivity index (χ3n) is 4.97. The molecule has 1 aliphatic carbocycles. The van der Waals surface area contributed by atoms with E-state index >= 15 is 0 Å². The highest BCUT2D eigenvalue weighted by atomic mass is 16.3. The Morgan fingerprint density at radius 1 is 1.19 bits per heavy atom. The predicted molar refractivity (Wildman–Crippen MR) is 105 cm³/mol. The van der Waals surface area contributed by atoms with Gasteiger partial charge < -0.3 is 16.6 Å². The minimum atomic E-state index is -1.10. The van der Waals surface area contributed by atoms with Gasteiger partial charge in [-0.3, -0.25) is 4.79 Å². The lowest BCUT2D eigenvalue weighted by atomic mass is 9.63. The van der Waals surface area contributed by atoms with Crippen molar-refractivity contribution in [2.24, 2.45) is 10.7 Å². The molecular formula is C20H25N5O2. The second kappa shape index (κ2) is 7.08. The van der Waals surface area contributed by atoms with Gasteiger partial charge in [-0.2, -0.15) is 4.99 Å². The number of anilines is 1. The van der Waals surface area contributed by atoms with Crippen LogP contribution in [0.5, 0.6) is 0 Å². The van der Waals surface area contributed by atoms with Crippen LogP contribution in [0.4, 0.5) is 5.95 Å². The van der Waals surface area contributed by atoms with E-state index < -0.39 is 16.9 Å². The number of carbonyl (C=O) groups excluding carboxylic acids is 1. The minimum absolute atomic E-state index is 0.0557. The number of nitrogens with zero attached hydrogens (tertiary/aromatic N) is 3. The summed E-state index contributed by atoms with van der Waals surface area (Å²) in [7, 11) is 0. The molecule has 3 rings (SSSR count). The number of aliphatic imine (C=N–C) groups is 1. The third kappa shape index (κ3) is 4.14. The van der Waals surface area contributed by atoms with Crippen LogP contribution in [0.1, 0.15) is 45.1 Å². The maximum absolute atomic E-state index is 12.1. The number of hydrogen-bond acceptors (Lipinski definition) is 5. The Kier molecular flexibility index (Phi) is 4.97. The highest BCUT2D eigenvalue weighted by Gasteiger charge is 2.43. The van der Waals surface area contributed by atoms with Crippen molar-refractivity contribution in [1.29, 1.82) is 0 Å². The summed E-state index contributed by atoms with van der Waals surface area (Å²) in [5.41, 5.74) is 13.1. The third-order valence-corrected chi connectivity index (χ3v) is 4.97. The summed E-state index contributed by atoms with van der Waals surface area (Å²) in [6.45, 7) is 3.16. The molecule has 7 heteroatoms. The van der Waals surface area contributed by atoms with E-state index in [1.807, 2.05) is 24.3 Å². The maximum atomic E-state index is 12.1. The van der Waals surface area contributed by atoms with Gasteiger partial charge in [0.15, 0.2) is 0 Å². The van der Waals surface area contributed by atoms with Crippen molar-refractivity contribution in [3.8, 4) is 11.1 Å². The van der Waals surface area contributed by atoms with Gasteiger partial charge in [-0.15, -0.1) is 0 Å². The van der Waals surface area contributed by atoms with E-state index in [2.05, 4.69) is 15.0 Å². The zero-order valence-corrected chi connectivity index (χ0v) is 15.6. The number of nitrogen functional groups attached to an aromatic ring is 1. The monoisotopic (exact) mass is 367 g/mol. The van der Waals surface area contributed by atoms with Crippen molar-refractivity contribution in [2.45, 2.75) is 50.5 Å². The van der Waals surface area contributed by atoms with Crippen molar-refractivity contribution in [3.63, 3.8) is 0 Å². The van der Waals surface area contributed by atoms with Gasteiger partial charge >= 0.3 is 0 Å². The molecule has 2 aromatic rings. The van der Waals surface area contributed by atoms with Crippen LogP contribution < -0.4 is 11.5 Å². The summed E-state index contributed by atoms with van der Waals surface area (Å²) >= 11 is 0. The number of carbonyl (C=O) groups is 1. The topological polar surface area (TPSA) is 127 Å². The van der Waals surface area contributed by atoms with Gasteiger partial charge in [-0.1, -0.05) is 30.7 Å². The van der Waals surface area contributed by atoms with Gasteiger partial charge in [0.2, 0.25) is 11.9 Å². The summed E-state index contributed by atoms with van der Waals surface area (Å²) in [4.78, 5) is 24.2. The van der Waals surface area contributed by atoms with Gasteiger partial charge in [-0.05, 0) is 37.8 Å². The second-order valence-electron chi connectivity index (χ2n) is 7.72. The average molecular weight is 367 g/mol. The van der Waals surface area contributed by atoms with E-state index in [4.69, 9.17) is 11.5 Å². The Balaban J connectivity index is 1.84. The van der Waals surface area contributed by atoms with E-state index in [9.17, 15) is 9.90 Å². The van der Waals surface area contributed by atoms with Crippen LogP contribution in [0, 0.1) is 0 Å². The Hall–Kier alpha value is -2.80. The molecule has 0 aliphatic heterocycles. The Bertz CT molecular complexity index is 847. The number of rotatable bonds is 5. The van der Waals surface area contributed by atoms with Gasteiger partial charge in [0, 0.05) is 18.0 Å². The van der Waals surface area contributed by atoms with E-state index in [0.717, 1.165) is 36.0 Å². The first-order chi connectivity index (χ1) is 12.7. The molecule has 0 bridgehead atoms. The number of aliphatic hydroxyl groups is 1. The molecule has 7 nitrogen and oxygen atoms in total. The molecule has 5 N–H and O–H groups in total. The molecule has 1 aliphatic rings. The summed E-state index contributed by atoms with van der Waals surface area (Å²) in [5, 5.41) is 9.80. The van der Waals surface area contributed by atoms with Crippen LogP contribution in [-0.2, 0) is 10.2 Å². The quantitative estimate of drug-likeness (QED) is 0.549. The Morgan fingerprint density at radius 2 is 1.78 bits per heavy atom. The Morgan fingerprint density at radius 3 is 2.26 bits per heavy atom. The van der Waals surface area contributed by atoms with Gasteiger partial charge in [0.05, 0.1) is 17.4 Å². The molecule has 1 fully saturated rings. The molecule has 0 saturated heterocycles. The molecule has 1 heterocycles. The van der Waals surface area contributed by atoms with Gasteiger partial charge in [0.1, 0.15) is 5.84 Å². The highest BCUT2D eigenvalue weighted by Crippen LogP contribution is 2.44. The van der Waals surface area contributed by atoms with Crippen molar-refractivity contribution < 1.29 is 9.90 Å². The second-order valence-corrected chi connectivity index (χ2v) is 7.72. The lowest BCUT2D eigenvalue weighted by molar-refractivity contribution is -0.121. The first-order valence-electron chi connectivity index (χ1n) is 8.98. The normalized spacial score (nSPS) is 16.6. The molecule has 0 atom stereocenters. The first-order valence-corrected chi connectivity index (χ1v) is 8.98. The predicted octanol–water partition coefficient (Wildman–Crippen LogP) is 2.19. The number of nitrogens with two attached hydrogens (primary N) is 2. The van der Waals surface area contributed by atoms with Crippen LogP contribution in [0.15, 0.2) is 41.7 Å². The number of amides is 1. The van der Waals surface area contributed by atoms with Crippen LogP contribution in [0.25, 0.3) is 11.1 Å². The molecule has 0 unspecified atom stereocenters. The first kappa shape index (κ1) is 19.0. The molecule has 142 valence electrons. The highest BCUT2D eigenvalue weighted by molar-refractivity contribution is 6.00. The van der Waals surface area contributed by atoms with E-state index in [0.29, 0.717) is 5.84 Å². The van der Waals surface area contributed by atoms with Crippen molar-refractivity contribution in [3.05, 3.63) is 42.2 Å². The number of amidine groups is 1. The SMILES string of the molecule is CC(C)(O)CC(=O)N=C(N)C1(c2ccc(-c3cnc(N)nc3)cc2)CCC1.